The Kier molecular flexibility index (Phi) is 5.73. The van der Waals surface area contributed by atoms with E-state index >= 15 is 0 Å². The number of carboxylic acid groups (broad SMARTS) is 1. The first-order chi connectivity index (χ1) is 9.56. The Morgan fingerprint density at radius 1 is 1.40 bits per heavy atom. The summed E-state index contributed by atoms with van der Waals surface area (Å²) in [4.78, 5) is 22.4. The number of nitrogens with zero attached hydrogens (tertiary/aromatic N) is 1. The maximum absolute atomic E-state index is 11.6. The van der Waals surface area contributed by atoms with Crippen LogP contribution in [0, 0.1) is 11.3 Å². The molecule has 0 saturated heterocycles. The number of benzene rings is 1. The molecule has 20 heavy (non-hydrogen) atoms. The van der Waals surface area contributed by atoms with Gasteiger partial charge in [-0.3, -0.25) is 4.79 Å². The van der Waals surface area contributed by atoms with Crippen LogP contribution in [0.15, 0.2) is 43.0 Å². The fourth-order valence-electron chi connectivity index (χ4n) is 1.45. The van der Waals surface area contributed by atoms with E-state index in [0.717, 1.165) is 5.56 Å². The van der Waals surface area contributed by atoms with E-state index in [1.54, 1.807) is 30.3 Å². The number of nitriles is 1. The predicted octanol–water partition coefficient (Wildman–Crippen LogP) is 1.72. The molecule has 1 amide bonds. The summed E-state index contributed by atoms with van der Waals surface area (Å²) >= 11 is 0. The van der Waals surface area contributed by atoms with Crippen LogP contribution in [0.3, 0.4) is 0 Å². The lowest BCUT2D eigenvalue weighted by Gasteiger charge is -2.10. The van der Waals surface area contributed by atoms with Crippen LogP contribution in [-0.4, -0.2) is 23.0 Å². The third-order valence-corrected chi connectivity index (χ3v) is 2.48. The van der Waals surface area contributed by atoms with Gasteiger partial charge in [-0.05, 0) is 30.2 Å². The van der Waals surface area contributed by atoms with E-state index in [2.05, 4.69) is 11.9 Å². The average molecular weight is 270 g/mol. The molecule has 102 valence electrons. The first kappa shape index (κ1) is 15.2. The number of carboxylic acids is 1. The highest BCUT2D eigenvalue weighted by Crippen LogP contribution is 2.05. The van der Waals surface area contributed by atoms with Gasteiger partial charge in [0.1, 0.15) is 6.04 Å². The second kappa shape index (κ2) is 7.54. The number of carbonyl (C=O) groups is 2. The molecule has 0 aromatic heterocycles. The number of hydrogen-bond donors (Lipinski definition) is 2. The second-order valence-electron chi connectivity index (χ2n) is 3.99. The maximum Gasteiger partial charge on any atom is 0.326 e. The van der Waals surface area contributed by atoms with Gasteiger partial charge in [0, 0.05) is 6.08 Å². The standard InChI is InChI=1S/C15H14N2O3/c1-2-3-13(15(19)20)17-14(18)9-8-11-4-6-12(10-16)7-5-11/h2,4-9,13H,1,3H2,(H,17,18)(H,19,20)/b9-8+. The Bertz CT molecular complexity index is 568. The smallest absolute Gasteiger partial charge is 0.326 e. The lowest BCUT2D eigenvalue weighted by atomic mass is 10.1. The molecule has 0 bridgehead atoms. The molecule has 0 saturated carbocycles. The van der Waals surface area contributed by atoms with Crippen LogP contribution in [0.4, 0.5) is 0 Å². The summed E-state index contributed by atoms with van der Waals surface area (Å²) in [6.45, 7) is 3.44. The summed E-state index contributed by atoms with van der Waals surface area (Å²) < 4.78 is 0. The van der Waals surface area contributed by atoms with Crippen LogP contribution in [0.25, 0.3) is 6.08 Å². The van der Waals surface area contributed by atoms with Gasteiger partial charge in [0.25, 0.3) is 0 Å². The van der Waals surface area contributed by atoms with Gasteiger partial charge in [-0.25, -0.2) is 4.79 Å². The first-order valence-corrected chi connectivity index (χ1v) is 5.89. The van der Waals surface area contributed by atoms with Crippen molar-refractivity contribution in [2.24, 2.45) is 0 Å². The molecule has 1 aromatic rings. The molecule has 0 spiro atoms. The van der Waals surface area contributed by atoms with Gasteiger partial charge < -0.3 is 10.4 Å². The summed E-state index contributed by atoms with van der Waals surface area (Å²) in [6, 6.07) is 7.67. The highest BCUT2D eigenvalue weighted by molar-refractivity contribution is 5.94. The van der Waals surface area contributed by atoms with E-state index in [4.69, 9.17) is 10.4 Å². The van der Waals surface area contributed by atoms with Crippen LogP contribution in [-0.2, 0) is 9.59 Å². The molecule has 5 nitrogen and oxygen atoms in total. The van der Waals surface area contributed by atoms with E-state index in [0.29, 0.717) is 5.56 Å². The summed E-state index contributed by atoms with van der Waals surface area (Å²) in [5, 5.41) is 19.9. The Morgan fingerprint density at radius 2 is 2.05 bits per heavy atom. The number of carbonyl (C=O) groups excluding carboxylic acids is 1. The van der Waals surface area contributed by atoms with Gasteiger partial charge in [0.05, 0.1) is 11.6 Å². The van der Waals surface area contributed by atoms with Crippen molar-refractivity contribution in [1.29, 1.82) is 5.26 Å². The topological polar surface area (TPSA) is 90.2 Å². The van der Waals surface area contributed by atoms with Crippen molar-refractivity contribution in [3.63, 3.8) is 0 Å². The summed E-state index contributed by atoms with van der Waals surface area (Å²) in [5.41, 5.74) is 1.28. The molecule has 1 atom stereocenters. The number of aliphatic carboxylic acids is 1. The lowest BCUT2D eigenvalue weighted by molar-refractivity contribution is -0.141. The Labute approximate surface area is 116 Å². The van der Waals surface area contributed by atoms with Gasteiger partial charge in [-0.15, -0.1) is 6.58 Å². The summed E-state index contributed by atoms with van der Waals surface area (Å²) in [7, 11) is 0. The average Bonchev–Trinajstić information content (AvgIpc) is 2.45. The fraction of sp³-hybridized carbons (Fsp3) is 0.133. The van der Waals surface area contributed by atoms with Crippen molar-refractivity contribution in [3.05, 3.63) is 54.1 Å². The van der Waals surface area contributed by atoms with Crippen LogP contribution < -0.4 is 5.32 Å². The van der Waals surface area contributed by atoms with E-state index in [1.165, 1.54) is 12.2 Å². The second-order valence-corrected chi connectivity index (χ2v) is 3.99. The Morgan fingerprint density at radius 3 is 2.55 bits per heavy atom. The molecule has 0 aliphatic carbocycles. The van der Waals surface area contributed by atoms with Crippen molar-refractivity contribution >= 4 is 18.0 Å². The molecule has 0 fully saturated rings. The predicted molar refractivity (Wildman–Crippen MR) is 74.6 cm³/mol. The Balaban J connectivity index is 2.64. The normalized spacial score (nSPS) is 11.6. The van der Waals surface area contributed by atoms with Gasteiger partial charge >= 0.3 is 5.97 Å². The molecular weight excluding hydrogens is 256 g/mol. The van der Waals surface area contributed by atoms with Crippen LogP contribution >= 0.6 is 0 Å². The van der Waals surface area contributed by atoms with E-state index in [-0.39, 0.29) is 6.42 Å². The van der Waals surface area contributed by atoms with Gasteiger partial charge in [0.2, 0.25) is 5.91 Å². The molecule has 1 aromatic carbocycles. The highest BCUT2D eigenvalue weighted by Gasteiger charge is 2.16. The summed E-state index contributed by atoms with van der Waals surface area (Å²) in [5.74, 6) is -1.60. The SMILES string of the molecule is C=CCC(NC(=O)/C=C/c1ccc(C#N)cc1)C(=O)O. The molecule has 0 aliphatic rings. The van der Waals surface area contributed by atoms with Crippen molar-refractivity contribution in [1.82, 2.24) is 5.32 Å². The van der Waals surface area contributed by atoms with Gasteiger partial charge in [-0.2, -0.15) is 5.26 Å². The zero-order valence-corrected chi connectivity index (χ0v) is 10.7. The molecule has 0 aliphatic heterocycles. The molecule has 1 rings (SSSR count). The lowest BCUT2D eigenvalue weighted by Crippen LogP contribution is -2.39. The van der Waals surface area contributed by atoms with Crippen molar-refractivity contribution < 1.29 is 14.7 Å². The van der Waals surface area contributed by atoms with Crippen molar-refractivity contribution in [2.45, 2.75) is 12.5 Å². The number of rotatable bonds is 6. The van der Waals surface area contributed by atoms with Crippen LogP contribution in [0.2, 0.25) is 0 Å². The minimum absolute atomic E-state index is 0.159. The number of nitrogens with one attached hydrogen (secondary N) is 1. The fourth-order valence-corrected chi connectivity index (χ4v) is 1.45. The van der Waals surface area contributed by atoms with Crippen molar-refractivity contribution in [3.8, 4) is 6.07 Å². The molecular formula is C15H14N2O3. The number of hydrogen-bond acceptors (Lipinski definition) is 3. The quantitative estimate of drug-likeness (QED) is 0.608. The van der Waals surface area contributed by atoms with Crippen molar-refractivity contribution in [2.75, 3.05) is 0 Å². The molecule has 5 heteroatoms. The maximum atomic E-state index is 11.6. The molecule has 0 radical (unpaired) electrons. The summed E-state index contributed by atoms with van der Waals surface area (Å²) in [6.07, 6.45) is 4.39. The van der Waals surface area contributed by atoms with E-state index < -0.39 is 17.9 Å². The van der Waals surface area contributed by atoms with E-state index in [1.807, 2.05) is 6.07 Å². The van der Waals surface area contributed by atoms with E-state index in [9.17, 15) is 9.59 Å². The van der Waals surface area contributed by atoms with Crippen LogP contribution in [0.1, 0.15) is 17.5 Å². The zero-order chi connectivity index (χ0) is 15.0. The first-order valence-electron chi connectivity index (χ1n) is 5.89. The molecule has 2 N–H and O–H groups in total. The largest absolute Gasteiger partial charge is 0.480 e. The number of amides is 1. The van der Waals surface area contributed by atoms with Gasteiger partial charge in [0.15, 0.2) is 0 Å². The minimum atomic E-state index is -1.11. The van der Waals surface area contributed by atoms with Gasteiger partial charge in [-0.1, -0.05) is 18.2 Å². The highest BCUT2D eigenvalue weighted by atomic mass is 16.4. The minimum Gasteiger partial charge on any atom is -0.480 e. The molecule has 1 unspecified atom stereocenters. The third-order valence-electron chi connectivity index (χ3n) is 2.48. The zero-order valence-electron chi connectivity index (χ0n) is 10.7. The molecule has 0 heterocycles. The monoisotopic (exact) mass is 270 g/mol. The Hall–Kier alpha value is -2.87. The third kappa shape index (κ3) is 4.78. The van der Waals surface area contributed by atoms with Crippen LogP contribution in [0.5, 0.6) is 0 Å².